The maximum absolute atomic E-state index is 12.8. The summed E-state index contributed by atoms with van der Waals surface area (Å²) >= 11 is 0. The normalized spacial score (nSPS) is 12.1. The summed E-state index contributed by atoms with van der Waals surface area (Å²) in [5.74, 6) is -2.96. The predicted molar refractivity (Wildman–Crippen MR) is 120 cm³/mol. The maximum atomic E-state index is 12.8. The highest BCUT2D eigenvalue weighted by Gasteiger charge is 2.26. The average molecular weight is 453 g/mol. The Hall–Kier alpha value is -3.45. The van der Waals surface area contributed by atoms with Crippen LogP contribution in [0.15, 0.2) is 89.8 Å². The van der Waals surface area contributed by atoms with Gasteiger partial charge in [0.25, 0.3) is 0 Å². The number of benzene rings is 3. The Labute approximate surface area is 187 Å². The highest BCUT2D eigenvalue weighted by Crippen LogP contribution is 2.22. The molecule has 0 saturated carbocycles. The van der Waals surface area contributed by atoms with Gasteiger partial charge in [-0.25, -0.2) is 13.2 Å². The van der Waals surface area contributed by atoms with Crippen molar-refractivity contribution in [2.24, 2.45) is 5.92 Å². The summed E-state index contributed by atoms with van der Waals surface area (Å²) in [6, 6.07) is 23.5. The van der Waals surface area contributed by atoms with E-state index in [9.17, 15) is 23.1 Å². The van der Waals surface area contributed by atoms with E-state index in [4.69, 9.17) is 4.74 Å². The lowest BCUT2D eigenvalue weighted by Gasteiger charge is -2.13. The molecule has 0 radical (unpaired) electrons. The smallest absolute Gasteiger partial charge is 0.343 e. The fourth-order valence-corrected chi connectivity index (χ4v) is 4.87. The molecule has 1 unspecified atom stereocenters. The molecule has 0 aliphatic carbocycles. The molecule has 166 valence electrons. The van der Waals surface area contributed by atoms with Crippen LogP contribution >= 0.6 is 0 Å². The lowest BCUT2D eigenvalue weighted by atomic mass is 10.0. The van der Waals surface area contributed by atoms with Gasteiger partial charge in [-0.15, -0.1) is 0 Å². The Morgan fingerprint density at radius 2 is 1.44 bits per heavy atom. The van der Waals surface area contributed by atoms with Crippen LogP contribution in [0.25, 0.3) is 0 Å². The molecule has 1 N–H and O–H groups in total. The third-order valence-electron chi connectivity index (χ3n) is 5.03. The van der Waals surface area contributed by atoms with Crippen LogP contribution in [-0.4, -0.2) is 31.2 Å². The molecule has 3 aromatic rings. The maximum Gasteiger partial charge on any atom is 0.343 e. The summed E-state index contributed by atoms with van der Waals surface area (Å²) in [4.78, 5) is 23.7. The fraction of sp³-hybridized carbons (Fsp3) is 0.200. The molecule has 0 bridgehead atoms. The number of sulfone groups is 1. The third kappa shape index (κ3) is 6.52. The minimum Gasteiger partial charge on any atom is -0.481 e. The summed E-state index contributed by atoms with van der Waals surface area (Å²) in [7, 11) is -3.82. The van der Waals surface area contributed by atoms with E-state index >= 15 is 0 Å². The van der Waals surface area contributed by atoms with Gasteiger partial charge in [0.05, 0.1) is 22.1 Å². The quantitative estimate of drug-likeness (QED) is 0.362. The second-order valence-electron chi connectivity index (χ2n) is 7.42. The number of hydrogen-bond acceptors (Lipinski definition) is 5. The zero-order valence-electron chi connectivity index (χ0n) is 17.4. The lowest BCUT2D eigenvalue weighted by Crippen LogP contribution is -2.24. The molecule has 0 spiro atoms. The Bertz CT molecular complexity index is 1140. The van der Waals surface area contributed by atoms with E-state index in [0.29, 0.717) is 18.4 Å². The molecular formula is C25H24O6S. The molecule has 6 nitrogen and oxygen atoms in total. The standard InChI is InChI=1S/C25H24O6S/c26-24(27)21(13-7-10-19-8-3-1-4-9-19)18-32(29,30)23-16-14-22(15-17-23)31-25(28)20-11-5-2-6-12-20/h1-6,8-9,11-12,14-17,21H,7,10,13,18H2,(H,26,27). The van der Waals surface area contributed by atoms with Crippen LogP contribution in [0.2, 0.25) is 0 Å². The zero-order chi connectivity index (χ0) is 23.0. The largest absolute Gasteiger partial charge is 0.481 e. The number of carboxylic acids is 1. The van der Waals surface area contributed by atoms with Gasteiger partial charge in [0.2, 0.25) is 0 Å². The first kappa shape index (κ1) is 23.2. The minimum atomic E-state index is -3.82. The molecule has 3 rings (SSSR count). The fourth-order valence-electron chi connectivity index (χ4n) is 3.29. The van der Waals surface area contributed by atoms with Gasteiger partial charge in [0.15, 0.2) is 9.84 Å². The molecule has 32 heavy (non-hydrogen) atoms. The van der Waals surface area contributed by atoms with Gasteiger partial charge in [-0.3, -0.25) is 4.79 Å². The molecule has 0 aromatic heterocycles. The summed E-state index contributed by atoms with van der Waals surface area (Å²) in [6.07, 6.45) is 1.52. The number of hydrogen-bond donors (Lipinski definition) is 1. The number of rotatable bonds is 10. The SMILES string of the molecule is O=C(Oc1ccc(S(=O)(=O)CC(CCCc2ccccc2)C(=O)O)cc1)c1ccccc1. The van der Waals surface area contributed by atoms with Crippen LogP contribution in [-0.2, 0) is 21.1 Å². The molecule has 0 aliphatic rings. The number of aliphatic carboxylic acids is 1. The Morgan fingerprint density at radius 3 is 2.03 bits per heavy atom. The summed E-state index contributed by atoms with van der Waals surface area (Å²) in [5, 5.41) is 9.51. The predicted octanol–water partition coefficient (Wildman–Crippen LogP) is 4.40. The summed E-state index contributed by atoms with van der Waals surface area (Å²) in [5.41, 5.74) is 1.46. The zero-order valence-corrected chi connectivity index (χ0v) is 18.2. The molecule has 0 saturated heterocycles. The number of carbonyl (C=O) groups excluding carboxylic acids is 1. The van der Waals surface area contributed by atoms with Crippen LogP contribution < -0.4 is 4.74 Å². The van der Waals surface area contributed by atoms with Crippen molar-refractivity contribution in [2.75, 3.05) is 5.75 Å². The van der Waals surface area contributed by atoms with Crippen LogP contribution in [0, 0.1) is 5.92 Å². The van der Waals surface area contributed by atoms with Crippen molar-refractivity contribution in [1.29, 1.82) is 0 Å². The van der Waals surface area contributed by atoms with E-state index in [1.165, 1.54) is 24.3 Å². The van der Waals surface area contributed by atoms with Crippen molar-refractivity contribution in [3.63, 3.8) is 0 Å². The Balaban J connectivity index is 1.61. The highest BCUT2D eigenvalue weighted by molar-refractivity contribution is 7.91. The van der Waals surface area contributed by atoms with Gasteiger partial charge >= 0.3 is 11.9 Å². The van der Waals surface area contributed by atoms with E-state index < -0.39 is 33.4 Å². The van der Waals surface area contributed by atoms with Gasteiger partial charge in [0, 0.05) is 0 Å². The van der Waals surface area contributed by atoms with E-state index in [0.717, 1.165) is 5.56 Å². The first-order valence-corrected chi connectivity index (χ1v) is 11.9. The van der Waals surface area contributed by atoms with Gasteiger partial charge in [-0.05, 0) is 61.2 Å². The van der Waals surface area contributed by atoms with Gasteiger partial charge < -0.3 is 9.84 Å². The van der Waals surface area contributed by atoms with Crippen molar-refractivity contribution < 1.29 is 27.9 Å². The molecule has 0 fully saturated rings. The second-order valence-corrected chi connectivity index (χ2v) is 9.46. The minimum absolute atomic E-state index is 0.00804. The van der Waals surface area contributed by atoms with Gasteiger partial charge in [0.1, 0.15) is 5.75 Å². The third-order valence-corrected chi connectivity index (χ3v) is 6.87. The number of carboxylic acid groups (broad SMARTS) is 1. The monoisotopic (exact) mass is 452 g/mol. The van der Waals surface area contributed by atoms with E-state index in [-0.39, 0.29) is 17.1 Å². The van der Waals surface area contributed by atoms with E-state index in [1.807, 2.05) is 30.3 Å². The van der Waals surface area contributed by atoms with Gasteiger partial charge in [-0.1, -0.05) is 48.5 Å². The summed E-state index contributed by atoms with van der Waals surface area (Å²) < 4.78 is 30.8. The van der Waals surface area contributed by atoms with Crippen molar-refractivity contribution in [3.8, 4) is 5.75 Å². The van der Waals surface area contributed by atoms with Crippen LogP contribution in [0.1, 0.15) is 28.8 Å². The van der Waals surface area contributed by atoms with Crippen LogP contribution in [0.3, 0.4) is 0 Å². The number of aryl methyl sites for hydroxylation is 1. The van der Waals surface area contributed by atoms with Crippen molar-refractivity contribution in [3.05, 3.63) is 96.1 Å². The molecule has 0 aliphatic heterocycles. The highest BCUT2D eigenvalue weighted by atomic mass is 32.2. The molecule has 0 amide bonds. The number of carbonyl (C=O) groups is 2. The Kier molecular flexibility index (Phi) is 7.78. The molecular weight excluding hydrogens is 428 g/mol. The van der Waals surface area contributed by atoms with E-state index in [2.05, 4.69) is 0 Å². The first-order valence-electron chi connectivity index (χ1n) is 10.2. The van der Waals surface area contributed by atoms with Crippen LogP contribution in [0.5, 0.6) is 5.75 Å². The first-order chi connectivity index (χ1) is 15.3. The molecule has 7 heteroatoms. The van der Waals surface area contributed by atoms with Crippen molar-refractivity contribution >= 4 is 21.8 Å². The average Bonchev–Trinajstić information content (AvgIpc) is 2.80. The van der Waals surface area contributed by atoms with Crippen molar-refractivity contribution in [2.45, 2.75) is 24.2 Å². The molecule has 1 atom stereocenters. The molecule has 3 aromatic carbocycles. The number of esters is 1. The second kappa shape index (κ2) is 10.7. The number of ether oxygens (including phenoxy) is 1. The Morgan fingerprint density at radius 1 is 0.844 bits per heavy atom. The van der Waals surface area contributed by atoms with Crippen molar-refractivity contribution in [1.82, 2.24) is 0 Å². The topological polar surface area (TPSA) is 97.7 Å². The van der Waals surface area contributed by atoms with E-state index in [1.54, 1.807) is 30.3 Å². The summed E-state index contributed by atoms with van der Waals surface area (Å²) in [6.45, 7) is 0. The lowest BCUT2D eigenvalue weighted by molar-refractivity contribution is -0.141. The van der Waals surface area contributed by atoms with Crippen LogP contribution in [0.4, 0.5) is 0 Å². The molecule has 0 heterocycles. The van der Waals surface area contributed by atoms with Gasteiger partial charge in [-0.2, -0.15) is 0 Å².